The van der Waals surface area contributed by atoms with Gasteiger partial charge in [-0.2, -0.15) is 0 Å². The summed E-state index contributed by atoms with van der Waals surface area (Å²) >= 11 is 7.14. The van der Waals surface area contributed by atoms with E-state index in [2.05, 4.69) is 15.3 Å². The standard InChI is InChI=1S/C13H9ClN4O3S/c1-18-11(20)7(5-15-13(18)21)10(19)17-12-16-8-3-2-6(14)4-9(8)22-12/h2-5H,1H3,(H,15,21)(H,16,17,19). The number of halogens is 1. The zero-order valence-electron chi connectivity index (χ0n) is 11.2. The van der Waals surface area contributed by atoms with Gasteiger partial charge < -0.3 is 4.98 Å². The van der Waals surface area contributed by atoms with Crippen LogP contribution >= 0.6 is 22.9 Å². The number of fused-ring (bicyclic) bond motifs is 1. The van der Waals surface area contributed by atoms with Gasteiger partial charge in [0.05, 0.1) is 10.2 Å². The topological polar surface area (TPSA) is 96.8 Å². The molecule has 0 spiro atoms. The summed E-state index contributed by atoms with van der Waals surface area (Å²) in [4.78, 5) is 41.9. The van der Waals surface area contributed by atoms with Crippen molar-refractivity contribution in [1.29, 1.82) is 0 Å². The average Bonchev–Trinajstić information content (AvgIpc) is 2.86. The first-order chi connectivity index (χ1) is 10.5. The molecule has 1 amide bonds. The van der Waals surface area contributed by atoms with E-state index in [1.54, 1.807) is 18.2 Å². The molecular weight excluding hydrogens is 328 g/mol. The molecule has 7 nitrogen and oxygen atoms in total. The molecular formula is C13H9ClN4O3S. The Balaban J connectivity index is 1.95. The maximum Gasteiger partial charge on any atom is 0.328 e. The monoisotopic (exact) mass is 336 g/mol. The van der Waals surface area contributed by atoms with Crippen molar-refractivity contribution in [2.45, 2.75) is 0 Å². The normalized spacial score (nSPS) is 10.8. The Hall–Kier alpha value is -2.45. The molecule has 0 radical (unpaired) electrons. The number of amides is 1. The highest BCUT2D eigenvalue weighted by Crippen LogP contribution is 2.28. The smallest absolute Gasteiger partial charge is 0.313 e. The Kier molecular flexibility index (Phi) is 3.55. The molecule has 2 N–H and O–H groups in total. The number of aromatic amines is 1. The Morgan fingerprint density at radius 2 is 2.18 bits per heavy atom. The maximum absolute atomic E-state index is 12.1. The summed E-state index contributed by atoms with van der Waals surface area (Å²) in [6.07, 6.45) is 1.09. The van der Waals surface area contributed by atoms with Crippen LogP contribution in [0.3, 0.4) is 0 Å². The minimum atomic E-state index is -0.676. The number of benzene rings is 1. The number of hydrogen-bond acceptors (Lipinski definition) is 5. The van der Waals surface area contributed by atoms with Crippen molar-refractivity contribution < 1.29 is 4.79 Å². The maximum atomic E-state index is 12.1. The van der Waals surface area contributed by atoms with Crippen molar-refractivity contribution >= 4 is 44.2 Å². The second kappa shape index (κ2) is 5.39. The molecule has 0 fully saturated rings. The lowest BCUT2D eigenvalue weighted by molar-refractivity contribution is 0.102. The minimum absolute atomic E-state index is 0.167. The van der Waals surface area contributed by atoms with Crippen LogP contribution in [0, 0.1) is 0 Å². The number of carbonyl (C=O) groups is 1. The summed E-state index contributed by atoms with van der Waals surface area (Å²) in [5, 5.41) is 3.46. The van der Waals surface area contributed by atoms with E-state index in [1.165, 1.54) is 18.4 Å². The van der Waals surface area contributed by atoms with E-state index < -0.39 is 17.2 Å². The van der Waals surface area contributed by atoms with Crippen molar-refractivity contribution in [2.75, 3.05) is 5.32 Å². The fourth-order valence-electron chi connectivity index (χ4n) is 1.84. The van der Waals surface area contributed by atoms with Crippen LogP contribution in [-0.4, -0.2) is 20.4 Å². The largest absolute Gasteiger partial charge is 0.328 e. The van der Waals surface area contributed by atoms with Gasteiger partial charge in [-0.05, 0) is 18.2 Å². The van der Waals surface area contributed by atoms with Crippen molar-refractivity contribution in [3.05, 3.63) is 55.8 Å². The number of aromatic nitrogens is 3. The predicted octanol–water partition coefficient (Wildman–Crippen LogP) is 1.59. The van der Waals surface area contributed by atoms with E-state index in [0.29, 0.717) is 15.7 Å². The summed E-state index contributed by atoms with van der Waals surface area (Å²) in [6, 6.07) is 5.18. The van der Waals surface area contributed by atoms with Gasteiger partial charge in [-0.1, -0.05) is 22.9 Å². The fraction of sp³-hybridized carbons (Fsp3) is 0.0769. The molecule has 0 aliphatic heterocycles. The molecule has 0 aliphatic carbocycles. The van der Waals surface area contributed by atoms with Crippen LogP contribution in [-0.2, 0) is 7.05 Å². The highest BCUT2D eigenvalue weighted by Gasteiger charge is 2.15. The Morgan fingerprint density at radius 3 is 2.95 bits per heavy atom. The van der Waals surface area contributed by atoms with Crippen LogP contribution < -0.4 is 16.6 Å². The van der Waals surface area contributed by atoms with Crippen LogP contribution in [0.2, 0.25) is 5.02 Å². The number of nitrogens with one attached hydrogen (secondary N) is 2. The zero-order valence-corrected chi connectivity index (χ0v) is 12.8. The number of H-pyrrole nitrogens is 1. The molecule has 0 saturated carbocycles. The zero-order chi connectivity index (χ0) is 15.9. The molecule has 0 unspecified atom stereocenters. The molecule has 22 heavy (non-hydrogen) atoms. The minimum Gasteiger partial charge on any atom is -0.313 e. The lowest BCUT2D eigenvalue weighted by atomic mass is 10.3. The van der Waals surface area contributed by atoms with Gasteiger partial charge in [-0.3, -0.25) is 19.5 Å². The van der Waals surface area contributed by atoms with E-state index in [4.69, 9.17) is 11.6 Å². The molecule has 9 heteroatoms. The van der Waals surface area contributed by atoms with E-state index in [0.717, 1.165) is 15.5 Å². The lowest BCUT2D eigenvalue weighted by Gasteiger charge is -2.02. The summed E-state index contributed by atoms with van der Waals surface area (Å²) in [7, 11) is 1.29. The fourth-order valence-corrected chi connectivity index (χ4v) is 2.98. The van der Waals surface area contributed by atoms with Crippen LogP contribution in [0.1, 0.15) is 10.4 Å². The first-order valence-electron chi connectivity index (χ1n) is 6.12. The predicted molar refractivity (Wildman–Crippen MR) is 84.9 cm³/mol. The third kappa shape index (κ3) is 2.53. The molecule has 0 saturated heterocycles. The summed E-state index contributed by atoms with van der Waals surface area (Å²) in [5.41, 5.74) is -0.736. The van der Waals surface area contributed by atoms with Crippen LogP contribution in [0.4, 0.5) is 5.13 Å². The molecule has 0 bridgehead atoms. The van der Waals surface area contributed by atoms with Gasteiger partial charge in [-0.15, -0.1) is 0 Å². The first kappa shape index (κ1) is 14.5. The van der Waals surface area contributed by atoms with Crippen molar-refractivity contribution in [1.82, 2.24) is 14.5 Å². The number of carbonyl (C=O) groups excluding carboxylic acids is 1. The Labute approximate surface area is 132 Å². The number of hydrogen-bond donors (Lipinski definition) is 2. The van der Waals surface area contributed by atoms with Gasteiger partial charge in [0.15, 0.2) is 5.13 Å². The average molecular weight is 337 g/mol. The third-order valence-corrected chi connectivity index (χ3v) is 4.16. The van der Waals surface area contributed by atoms with Crippen LogP contribution in [0.15, 0.2) is 34.0 Å². The highest BCUT2D eigenvalue weighted by molar-refractivity contribution is 7.22. The van der Waals surface area contributed by atoms with E-state index in [9.17, 15) is 14.4 Å². The lowest BCUT2D eigenvalue weighted by Crippen LogP contribution is -2.37. The van der Waals surface area contributed by atoms with Crippen LogP contribution in [0.5, 0.6) is 0 Å². The molecule has 2 heterocycles. The Morgan fingerprint density at radius 1 is 1.41 bits per heavy atom. The molecule has 0 aliphatic rings. The van der Waals surface area contributed by atoms with Gasteiger partial charge in [0.1, 0.15) is 5.56 Å². The Bertz CT molecular complexity index is 1000. The van der Waals surface area contributed by atoms with Gasteiger partial charge in [0.25, 0.3) is 11.5 Å². The number of anilines is 1. The second-order valence-electron chi connectivity index (χ2n) is 4.46. The number of thiazole rings is 1. The molecule has 3 aromatic rings. The van der Waals surface area contributed by atoms with Gasteiger partial charge in [0.2, 0.25) is 0 Å². The third-order valence-electron chi connectivity index (χ3n) is 3.00. The van der Waals surface area contributed by atoms with E-state index >= 15 is 0 Å². The van der Waals surface area contributed by atoms with Gasteiger partial charge >= 0.3 is 5.69 Å². The molecule has 112 valence electrons. The van der Waals surface area contributed by atoms with Gasteiger partial charge in [0, 0.05) is 18.3 Å². The summed E-state index contributed by atoms with van der Waals surface area (Å²) < 4.78 is 1.64. The number of rotatable bonds is 2. The molecule has 0 atom stereocenters. The quantitative estimate of drug-likeness (QED) is 0.742. The molecule has 1 aromatic carbocycles. The highest BCUT2D eigenvalue weighted by atomic mass is 35.5. The SMILES string of the molecule is Cn1c(=O)[nH]cc(C(=O)Nc2nc3ccc(Cl)cc3s2)c1=O. The second-order valence-corrected chi connectivity index (χ2v) is 5.92. The van der Waals surface area contributed by atoms with Crippen molar-refractivity contribution in [2.24, 2.45) is 7.05 Å². The summed E-state index contributed by atoms with van der Waals surface area (Å²) in [5.74, 6) is -0.637. The van der Waals surface area contributed by atoms with Crippen molar-refractivity contribution in [3.8, 4) is 0 Å². The number of nitrogens with zero attached hydrogens (tertiary/aromatic N) is 2. The van der Waals surface area contributed by atoms with E-state index in [-0.39, 0.29) is 5.56 Å². The molecule has 3 rings (SSSR count). The summed E-state index contributed by atoms with van der Waals surface area (Å²) in [6.45, 7) is 0. The van der Waals surface area contributed by atoms with E-state index in [1.807, 2.05) is 0 Å². The van der Waals surface area contributed by atoms with Crippen molar-refractivity contribution in [3.63, 3.8) is 0 Å². The molecule has 2 aromatic heterocycles. The van der Waals surface area contributed by atoms with Crippen LogP contribution in [0.25, 0.3) is 10.2 Å². The van der Waals surface area contributed by atoms with Gasteiger partial charge in [-0.25, -0.2) is 9.78 Å². The first-order valence-corrected chi connectivity index (χ1v) is 7.31.